The van der Waals surface area contributed by atoms with Crippen LogP contribution in [0.2, 0.25) is 0 Å². The zero-order valence-corrected chi connectivity index (χ0v) is 19.3. The van der Waals surface area contributed by atoms with Gasteiger partial charge in [0.1, 0.15) is 0 Å². The lowest BCUT2D eigenvalue weighted by Gasteiger charge is -2.37. The van der Waals surface area contributed by atoms with E-state index in [9.17, 15) is 0 Å². The Bertz CT molecular complexity index is 293. The van der Waals surface area contributed by atoms with E-state index in [2.05, 4.69) is 20.4 Å². The van der Waals surface area contributed by atoms with E-state index in [1.54, 1.807) is 0 Å². The van der Waals surface area contributed by atoms with Crippen molar-refractivity contribution in [1.29, 1.82) is 0 Å². The van der Waals surface area contributed by atoms with E-state index in [1.165, 1.54) is 153 Å². The number of unbranched alkanes of at least 4 members (excludes halogenated alkanes) is 17. The van der Waals surface area contributed by atoms with Crippen molar-refractivity contribution >= 4 is 0 Å². The summed E-state index contributed by atoms with van der Waals surface area (Å²) in [6.45, 7) is 6.45. The molecule has 0 aromatic rings. The number of quaternary nitrogens is 1. The van der Waals surface area contributed by atoms with Crippen LogP contribution in [0.3, 0.4) is 0 Å². The molecule has 0 N–H and O–H groups in total. The lowest BCUT2D eigenvalue weighted by Crippen LogP contribution is -2.48. The van der Waals surface area contributed by atoms with E-state index in [0.29, 0.717) is 0 Å². The molecule has 1 heteroatoms. The third-order valence-corrected chi connectivity index (χ3v) is 6.73. The standard InChI is InChI=1S/C26H53N/c1-3-4-5-6-7-8-9-10-11-12-13-14-15-16-17-18-19-21-24-27(2)25-22-20-23-26-27/h21H,3-20,22-26H2,1-2H3/q+1. The maximum atomic E-state index is 2.59. The smallest absolute Gasteiger partial charge is 0.0818 e. The third kappa shape index (κ3) is 15.5. The van der Waals surface area contributed by atoms with Gasteiger partial charge in [0.05, 0.1) is 26.7 Å². The topological polar surface area (TPSA) is 0 Å². The minimum Gasteiger partial charge on any atom is -0.326 e. The van der Waals surface area contributed by atoms with Crippen molar-refractivity contribution in [1.82, 2.24) is 0 Å². The van der Waals surface area contributed by atoms with Crippen molar-refractivity contribution in [3.05, 3.63) is 6.42 Å². The van der Waals surface area contributed by atoms with Crippen molar-refractivity contribution in [3.8, 4) is 0 Å². The van der Waals surface area contributed by atoms with Crippen molar-refractivity contribution in [3.63, 3.8) is 0 Å². The molecule has 0 unspecified atom stereocenters. The van der Waals surface area contributed by atoms with Crippen LogP contribution >= 0.6 is 0 Å². The second kappa shape index (κ2) is 18.0. The molecule has 0 saturated carbocycles. The lowest BCUT2D eigenvalue weighted by atomic mass is 10.0. The van der Waals surface area contributed by atoms with E-state index in [4.69, 9.17) is 0 Å². The molecule has 0 aliphatic carbocycles. The first-order valence-corrected chi connectivity index (χ1v) is 12.9. The van der Waals surface area contributed by atoms with Gasteiger partial charge < -0.3 is 4.48 Å². The fraction of sp³-hybridized carbons (Fsp3) is 0.962. The third-order valence-electron chi connectivity index (χ3n) is 6.73. The number of nitrogens with zero attached hydrogens (tertiary/aromatic N) is 1. The Morgan fingerprint density at radius 2 is 0.963 bits per heavy atom. The number of rotatable bonds is 19. The molecule has 1 fully saturated rings. The summed E-state index contributed by atoms with van der Waals surface area (Å²) in [6.07, 6.45) is 31.8. The molecule has 1 rings (SSSR count). The van der Waals surface area contributed by atoms with Gasteiger partial charge in [0.2, 0.25) is 0 Å². The Balaban J connectivity index is 1.70. The zero-order valence-electron chi connectivity index (χ0n) is 19.3. The van der Waals surface area contributed by atoms with Gasteiger partial charge >= 0.3 is 0 Å². The predicted octanol–water partition coefficient (Wildman–Crippen LogP) is 8.47. The van der Waals surface area contributed by atoms with Crippen LogP contribution in [0, 0.1) is 6.42 Å². The SMILES string of the molecule is CCCCCCCCCCCCCCCCCC[CH]C[N+]1(C)CCCCC1. The lowest BCUT2D eigenvalue weighted by molar-refractivity contribution is -0.910. The van der Waals surface area contributed by atoms with Crippen LogP contribution in [-0.2, 0) is 0 Å². The average molecular weight is 380 g/mol. The molecule has 0 bridgehead atoms. The second-order valence-electron chi connectivity index (χ2n) is 9.69. The van der Waals surface area contributed by atoms with E-state index >= 15 is 0 Å². The number of hydrogen-bond donors (Lipinski definition) is 0. The van der Waals surface area contributed by atoms with Crippen molar-refractivity contribution in [2.75, 3.05) is 26.7 Å². The maximum absolute atomic E-state index is 2.59. The monoisotopic (exact) mass is 379 g/mol. The highest BCUT2D eigenvalue weighted by molar-refractivity contribution is 4.66. The second-order valence-corrected chi connectivity index (χ2v) is 9.69. The van der Waals surface area contributed by atoms with Crippen molar-refractivity contribution < 1.29 is 4.48 Å². The van der Waals surface area contributed by atoms with Gasteiger partial charge in [0.25, 0.3) is 0 Å². The molecule has 161 valence electrons. The van der Waals surface area contributed by atoms with Gasteiger partial charge in [0, 0.05) is 6.42 Å². The Labute approximate surface area is 173 Å². The molecular weight excluding hydrogens is 326 g/mol. The van der Waals surface area contributed by atoms with E-state index in [0.717, 1.165) is 0 Å². The summed E-state index contributed by atoms with van der Waals surface area (Å²) < 4.78 is 1.32. The van der Waals surface area contributed by atoms with Crippen LogP contribution in [0.1, 0.15) is 135 Å². The summed E-state index contributed by atoms with van der Waals surface area (Å²) in [7, 11) is 2.46. The highest BCUT2D eigenvalue weighted by atomic mass is 15.3. The van der Waals surface area contributed by atoms with Gasteiger partial charge in [-0.1, -0.05) is 110 Å². The highest BCUT2D eigenvalue weighted by Crippen LogP contribution is 2.18. The maximum Gasteiger partial charge on any atom is 0.0818 e. The van der Waals surface area contributed by atoms with Crippen LogP contribution in [-0.4, -0.2) is 31.2 Å². The molecule has 1 heterocycles. The molecule has 1 saturated heterocycles. The van der Waals surface area contributed by atoms with Gasteiger partial charge in [-0.05, 0) is 25.7 Å². The van der Waals surface area contributed by atoms with Crippen LogP contribution < -0.4 is 0 Å². The molecule has 0 spiro atoms. The number of piperidine rings is 1. The van der Waals surface area contributed by atoms with E-state index < -0.39 is 0 Å². The summed E-state index contributed by atoms with van der Waals surface area (Å²) in [4.78, 5) is 0. The first-order valence-electron chi connectivity index (χ1n) is 12.9. The van der Waals surface area contributed by atoms with Crippen LogP contribution in [0.5, 0.6) is 0 Å². The van der Waals surface area contributed by atoms with Gasteiger partial charge in [-0.3, -0.25) is 0 Å². The normalized spacial score (nSPS) is 16.7. The molecular formula is C26H53N+. The summed E-state index contributed by atoms with van der Waals surface area (Å²) >= 11 is 0. The minimum atomic E-state index is 1.32. The number of hydrogen-bond acceptors (Lipinski definition) is 0. The van der Waals surface area contributed by atoms with Crippen LogP contribution in [0.15, 0.2) is 0 Å². The largest absolute Gasteiger partial charge is 0.326 e. The Morgan fingerprint density at radius 3 is 1.41 bits per heavy atom. The molecule has 27 heavy (non-hydrogen) atoms. The molecule has 1 radical (unpaired) electrons. The Hall–Kier alpha value is -0.0400. The molecule has 0 amide bonds. The Morgan fingerprint density at radius 1 is 0.556 bits per heavy atom. The summed E-state index contributed by atoms with van der Waals surface area (Å²) in [6, 6.07) is 0. The van der Waals surface area contributed by atoms with Crippen LogP contribution in [0.25, 0.3) is 0 Å². The van der Waals surface area contributed by atoms with Gasteiger partial charge in [-0.25, -0.2) is 0 Å². The van der Waals surface area contributed by atoms with E-state index in [-0.39, 0.29) is 0 Å². The first kappa shape index (κ1) is 25.0. The van der Waals surface area contributed by atoms with E-state index in [1.807, 2.05) is 0 Å². The van der Waals surface area contributed by atoms with Gasteiger partial charge in [-0.15, -0.1) is 0 Å². The molecule has 1 aliphatic rings. The minimum absolute atomic E-state index is 1.32. The average Bonchev–Trinajstić information content (AvgIpc) is 2.67. The quantitative estimate of drug-likeness (QED) is 0.156. The molecule has 0 atom stereocenters. The highest BCUT2D eigenvalue weighted by Gasteiger charge is 2.23. The fourth-order valence-corrected chi connectivity index (χ4v) is 4.70. The number of likely N-dealkylation sites (tertiary alicyclic amines) is 1. The first-order chi connectivity index (χ1) is 13.3. The molecule has 0 aromatic heterocycles. The molecule has 1 aliphatic heterocycles. The summed E-state index contributed by atoms with van der Waals surface area (Å²) in [5.74, 6) is 0. The van der Waals surface area contributed by atoms with Crippen LogP contribution in [0.4, 0.5) is 0 Å². The molecule has 1 nitrogen and oxygen atoms in total. The van der Waals surface area contributed by atoms with Gasteiger partial charge in [0.15, 0.2) is 0 Å². The van der Waals surface area contributed by atoms with Crippen molar-refractivity contribution in [2.45, 2.75) is 135 Å². The Kier molecular flexibility index (Phi) is 16.7. The summed E-state index contributed by atoms with van der Waals surface area (Å²) in [5, 5.41) is 0. The van der Waals surface area contributed by atoms with Gasteiger partial charge in [-0.2, -0.15) is 0 Å². The fourth-order valence-electron chi connectivity index (χ4n) is 4.70. The predicted molar refractivity (Wildman–Crippen MR) is 123 cm³/mol. The van der Waals surface area contributed by atoms with Crippen molar-refractivity contribution in [2.24, 2.45) is 0 Å². The zero-order chi connectivity index (χ0) is 19.5. The molecule has 0 aromatic carbocycles. The summed E-state index contributed by atoms with van der Waals surface area (Å²) in [5.41, 5.74) is 0.